The van der Waals surface area contributed by atoms with Gasteiger partial charge in [-0.3, -0.25) is 4.57 Å². The van der Waals surface area contributed by atoms with Gasteiger partial charge in [0.2, 0.25) is 0 Å². The van der Waals surface area contributed by atoms with Crippen LogP contribution in [0.3, 0.4) is 0 Å². The Labute approximate surface area is 230 Å². The zero-order chi connectivity index (χ0) is 26.9. The largest absolute Gasteiger partial charge is 0.493 e. The van der Waals surface area contributed by atoms with E-state index in [-0.39, 0.29) is 11.8 Å². The first-order chi connectivity index (χ1) is 18.5. The average molecular weight is 551 g/mol. The number of methoxy groups -OCH3 is 4. The van der Waals surface area contributed by atoms with E-state index < -0.39 is 5.79 Å². The summed E-state index contributed by atoms with van der Waals surface area (Å²) in [6.07, 6.45) is 3.45. The van der Waals surface area contributed by atoms with Crippen LogP contribution in [0.25, 0.3) is 22.5 Å². The molecule has 5 rings (SSSR count). The van der Waals surface area contributed by atoms with E-state index >= 15 is 0 Å². The highest BCUT2D eigenvalue weighted by Gasteiger charge is 2.44. The Hall–Kier alpha value is -4.01. The number of ether oxygens (including phenoxy) is 4. The number of hydrogen-bond donors (Lipinski definition) is 0. The molecule has 8 nitrogen and oxygen atoms in total. The van der Waals surface area contributed by atoms with Crippen LogP contribution in [-0.2, 0) is 15.3 Å². The predicted molar refractivity (Wildman–Crippen MR) is 149 cm³/mol. The van der Waals surface area contributed by atoms with Crippen LogP contribution in [0.15, 0.2) is 83.0 Å². The highest BCUT2D eigenvalue weighted by atomic mass is 35.5. The van der Waals surface area contributed by atoms with E-state index in [1.165, 1.54) is 14.2 Å². The highest BCUT2D eigenvalue weighted by Crippen LogP contribution is 2.46. The summed E-state index contributed by atoms with van der Waals surface area (Å²) in [5.74, 6) is 0.655. The van der Waals surface area contributed by atoms with E-state index in [4.69, 9.17) is 57.1 Å². The molecule has 1 aromatic heterocycles. The molecule has 0 spiro atoms. The fourth-order valence-electron chi connectivity index (χ4n) is 4.48. The molecule has 1 aliphatic rings. The molecule has 194 valence electrons. The summed E-state index contributed by atoms with van der Waals surface area (Å²) >= 11 is 13.4. The Morgan fingerprint density at radius 2 is 1.26 bits per heavy atom. The fraction of sp³-hybridized carbons (Fsp3) is 0.179. The van der Waals surface area contributed by atoms with Crippen molar-refractivity contribution >= 4 is 35.0 Å². The number of hydrogen-bond acceptors (Lipinski definition) is 7. The van der Waals surface area contributed by atoms with Gasteiger partial charge >= 0.3 is 0 Å². The fourth-order valence-corrected chi connectivity index (χ4v) is 4.98. The molecule has 0 radical (unpaired) electrons. The average Bonchev–Trinajstić information content (AvgIpc) is 3.58. The van der Waals surface area contributed by atoms with E-state index in [2.05, 4.69) is 0 Å². The molecule has 0 bridgehead atoms. The van der Waals surface area contributed by atoms with E-state index in [1.807, 2.05) is 59.2 Å². The molecule has 10 heteroatoms. The normalized spacial score (nSPS) is 14.1. The van der Waals surface area contributed by atoms with Crippen molar-refractivity contribution in [2.75, 3.05) is 28.4 Å². The standard InChI is InChI=1S/C28H24Cl2N4O4/c1-35-23-15-18(17-9-5-7-11-21(17)29)19(16-24(23)36-2)25-31-13-14-34(25)28(20-10-6-8-12-22(20)30)32-26(37-3)27(33-28)38-4/h5-16H,1-4H3. The zero-order valence-electron chi connectivity index (χ0n) is 21.1. The minimum atomic E-state index is -1.40. The highest BCUT2D eigenvalue weighted by molar-refractivity contribution is 6.37. The van der Waals surface area contributed by atoms with Crippen LogP contribution in [0.1, 0.15) is 5.56 Å². The van der Waals surface area contributed by atoms with Crippen molar-refractivity contribution < 1.29 is 18.9 Å². The summed E-state index contributed by atoms with van der Waals surface area (Å²) in [5, 5.41) is 1.03. The van der Waals surface area contributed by atoms with Crippen LogP contribution in [-0.4, -0.2) is 49.8 Å². The summed E-state index contributed by atoms with van der Waals surface area (Å²) < 4.78 is 24.1. The maximum atomic E-state index is 6.72. The van der Waals surface area contributed by atoms with Gasteiger partial charge in [0.15, 0.2) is 11.5 Å². The topological polar surface area (TPSA) is 79.5 Å². The third-order valence-electron chi connectivity index (χ3n) is 6.23. The second-order valence-electron chi connectivity index (χ2n) is 8.21. The van der Waals surface area contributed by atoms with Crippen molar-refractivity contribution in [3.05, 3.63) is 88.7 Å². The molecule has 3 aromatic carbocycles. The molecule has 4 aromatic rings. The minimum absolute atomic E-state index is 0.228. The lowest BCUT2D eigenvalue weighted by Gasteiger charge is -2.28. The molecular formula is C28H24Cl2N4O4. The Morgan fingerprint density at radius 1 is 0.684 bits per heavy atom. The summed E-state index contributed by atoms with van der Waals surface area (Å²) in [4.78, 5) is 14.5. The van der Waals surface area contributed by atoms with Gasteiger partial charge in [0.1, 0.15) is 5.82 Å². The first-order valence-corrected chi connectivity index (χ1v) is 12.3. The molecule has 0 amide bonds. The van der Waals surface area contributed by atoms with Crippen LogP contribution in [0.5, 0.6) is 11.5 Å². The van der Waals surface area contributed by atoms with Gasteiger partial charge in [-0.05, 0) is 29.8 Å². The van der Waals surface area contributed by atoms with Crippen LogP contribution < -0.4 is 9.47 Å². The molecule has 0 unspecified atom stereocenters. The van der Waals surface area contributed by atoms with Crippen LogP contribution in [0.2, 0.25) is 10.0 Å². The number of nitrogens with zero attached hydrogens (tertiary/aromatic N) is 4. The predicted octanol–water partition coefficient (Wildman–Crippen LogP) is 6.30. The van der Waals surface area contributed by atoms with Crippen LogP contribution in [0.4, 0.5) is 0 Å². The van der Waals surface area contributed by atoms with Crippen LogP contribution >= 0.6 is 23.2 Å². The summed E-state index contributed by atoms with van der Waals surface area (Å²) in [6, 6.07) is 18.6. The van der Waals surface area contributed by atoms with Gasteiger partial charge in [0.05, 0.1) is 33.5 Å². The van der Waals surface area contributed by atoms with Crippen molar-refractivity contribution in [3.63, 3.8) is 0 Å². The second-order valence-corrected chi connectivity index (χ2v) is 9.03. The molecule has 0 saturated carbocycles. The molecule has 1 aliphatic heterocycles. The lowest BCUT2D eigenvalue weighted by atomic mass is 9.97. The quantitative estimate of drug-likeness (QED) is 0.281. The number of aliphatic imine (C=N–C) groups is 2. The van der Waals surface area contributed by atoms with Crippen LogP contribution in [0, 0.1) is 0 Å². The number of imidazole rings is 1. The number of halogens is 2. The van der Waals surface area contributed by atoms with Crippen molar-refractivity contribution in [2.24, 2.45) is 9.98 Å². The van der Waals surface area contributed by atoms with Gasteiger partial charge < -0.3 is 18.9 Å². The lowest BCUT2D eigenvalue weighted by molar-refractivity contribution is 0.355. The third kappa shape index (κ3) is 4.15. The van der Waals surface area contributed by atoms with Gasteiger partial charge in [-0.1, -0.05) is 59.6 Å². The van der Waals surface area contributed by atoms with E-state index in [0.717, 1.165) is 11.1 Å². The molecular weight excluding hydrogens is 527 g/mol. The number of aromatic nitrogens is 2. The van der Waals surface area contributed by atoms with Crippen molar-refractivity contribution in [2.45, 2.75) is 5.79 Å². The summed E-state index contributed by atoms with van der Waals surface area (Å²) in [5.41, 5.74) is 2.89. The maximum Gasteiger partial charge on any atom is 0.277 e. The van der Waals surface area contributed by atoms with Crippen molar-refractivity contribution in [1.29, 1.82) is 0 Å². The monoisotopic (exact) mass is 550 g/mol. The SMILES string of the molecule is COC1=NC(c2ccccc2Cl)(n2ccnc2-c2cc(OC)c(OC)cc2-c2ccccc2Cl)N=C1OC. The Morgan fingerprint density at radius 3 is 1.84 bits per heavy atom. The first-order valence-electron chi connectivity index (χ1n) is 11.6. The van der Waals surface area contributed by atoms with E-state index in [1.54, 1.807) is 32.7 Å². The van der Waals surface area contributed by atoms with Gasteiger partial charge in [-0.2, -0.15) is 9.98 Å². The van der Waals surface area contributed by atoms with Crippen molar-refractivity contribution in [3.8, 4) is 34.0 Å². The van der Waals surface area contributed by atoms with Gasteiger partial charge in [0.25, 0.3) is 17.6 Å². The lowest BCUT2D eigenvalue weighted by Crippen LogP contribution is -2.30. The number of rotatable bonds is 6. The summed E-state index contributed by atoms with van der Waals surface area (Å²) in [7, 11) is 6.18. The minimum Gasteiger partial charge on any atom is -0.493 e. The first kappa shape index (κ1) is 25.6. The Balaban J connectivity index is 1.85. The second kappa shape index (κ2) is 10.4. The van der Waals surface area contributed by atoms with Gasteiger partial charge in [-0.15, -0.1) is 0 Å². The maximum absolute atomic E-state index is 6.72. The molecule has 0 N–H and O–H groups in total. The Bertz CT molecular complexity index is 1540. The van der Waals surface area contributed by atoms with Crippen molar-refractivity contribution in [1.82, 2.24) is 9.55 Å². The van der Waals surface area contributed by atoms with E-state index in [9.17, 15) is 0 Å². The molecule has 0 atom stereocenters. The van der Waals surface area contributed by atoms with E-state index in [0.29, 0.717) is 38.5 Å². The van der Waals surface area contributed by atoms with Gasteiger partial charge in [0, 0.05) is 34.1 Å². The van der Waals surface area contributed by atoms with Gasteiger partial charge in [-0.25, -0.2) is 4.98 Å². The smallest absolute Gasteiger partial charge is 0.277 e. The number of benzene rings is 3. The third-order valence-corrected chi connectivity index (χ3v) is 6.88. The Kier molecular flexibility index (Phi) is 7.01. The molecule has 0 fully saturated rings. The zero-order valence-corrected chi connectivity index (χ0v) is 22.6. The molecule has 0 aliphatic carbocycles. The molecule has 0 saturated heterocycles. The molecule has 2 heterocycles. The summed E-state index contributed by atoms with van der Waals surface area (Å²) in [6.45, 7) is 0. The molecule has 38 heavy (non-hydrogen) atoms.